The van der Waals surface area contributed by atoms with Crippen LogP contribution >= 0.6 is 11.3 Å². The largest absolute Gasteiger partial charge is 0.462 e. The highest BCUT2D eigenvalue weighted by Crippen LogP contribution is 2.35. The molecule has 8 aromatic rings. The van der Waals surface area contributed by atoms with E-state index in [1.54, 1.807) is 72.7 Å². The lowest BCUT2D eigenvalue weighted by Crippen LogP contribution is -2.53. The molecule has 5 aliphatic rings. The molecule has 0 bridgehead atoms. The Balaban J connectivity index is 0.000000187. The van der Waals surface area contributed by atoms with E-state index in [-0.39, 0.29) is 99.6 Å². The van der Waals surface area contributed by atoms with Gasteiger partial charge in [-0.1, -0.05) is 76.9 Å². The molecule has 4 amide bonds. The van der Waals surface area contributed by atoms with Crippen molar-refractivity contribution in [3.8, 4) is 0 Å². The predicted molar refractivity (Wildman–Crippen MR) is 383 cm³/mol. The molecule has 0 saturated carbocycles. The van der Waals surface area contributed by atoms with Crippen LogP contribution in [0.1, 0.15) is 116 Å². The number of anilines is 3. The van der Waals surface area contributed by atoms with Gasteiger partial charge in [0.05, 0.1) is 66.2 Å². The number of esters is 3. The Kier molecular flexibility index (Phi) is 25.2. The summed E-state index contributed by atoms with van der Waals surface area (Å²) in [5.41, 5.74) is 3.89. The van der Waals surface area contributed by atoms with Crippen molar-refractivity contribution >= 4 is 103 Å². The van der Waals surface area contributed by atoms with Crippen molar-refractivity contribution in [3.05, 3.63) is 167 Å². The molecule has 3 aromatic carbocycles. The molecular formula is C73H90N10O15S. The number of rotatable bonds is 14. The number of ether oxygens (including phenoxy) is 4. The minimum Gasteiger partial charge on any atom is -0.462 e. The van der Waals surface area contributed by atoms with Crippen LogP contribution < -0.4 is 36.7 Å². The van der Waals surface area contributed by atoms with Gasteiger partial charge in [0.25, 0.3) is 28.5 Å². The minimum atomic E-state index is -0.643. The highest BCUT2D eigenvalue weighted by Gasteiger charge is 2.37. The first-order chi connectivity index (χ1) is 46.5. The summed E-state index contributed by atoms with van der Waals surface area (Å²) >= 11 is 1.56. The van der Waals surface area contributed by atoms with E-state index in [9.17, 15) is 47.9 Å². The fourth-order valence-electron chi connectivity index (χ4n) is 13.2. The lowest BCUT2D eigenvalue weighted by Gasteiger charge is -2.38. The van der Waals surface area contributed by atoms with E-state index in [2.05, 4.69) is 5.32 Å². The number of carbonyl (C=O) groups excluding carboxylic acids is 7. The van der Waals surface area contributed by atoms with E-state index in [1.807, 2.05) is 109 Å². The molecule has 0 aliphatic carbocycles. The highest BCUT2D eigenvalue weighted by atomic mass is 32.1. The molecule has 26 heteroatoms. The third-order valence-corrected chi connectivity index (χ3v) is 18.7. The van der Waals surface area contributed by atoms with Crippen LogP contribution in [0.15, 0.2) is 127 Å². The van der Waals surface area contributed by atoms with E-state index in [1.165, 1.54) is 15.4 Å². The van der Waals surface area contributed by atoms with Gasteiger partial charge < -0.3 is 71.8 Å². The molecule has 528 valence electrons. The molecule has 10 heterocycles. The van der Waals surface area contributed by atoms with Crippen LogP contribution in [0.2, 0.25) is 0 Å². The first kappa shape index (κ1) is 74.7. The second-order valence-electron chi connectivity index (χ2n) is 23.7. The standard InChI is InChI=1S/C26H25N3O5S.C22H26N4O5.C22H27N3O5.3CH4/c1-2-33-26(32)22-23(27-10-12-28(13-11-27)24(30)21-8-5-14-34-21)19-6-3-4-7-20(19)29(25(22)31)16-18-9-15-35-17-18;1-3-31-22(30)18-19(14-6-4-5-7-16(14)24(2)21(18)29)25-10-12-26(13-11-25)20(28)15-8-9-17(27)23-15;1-3-29-22(28)18-19(15-7-4-5-8-16(15)23(2)21(18)27)24-10-12-25(13-11-24)20(26)17-9-6-14-30-17;;;/h3-9,14-15,17H,2,10-13,16H2,1H3;4-7,15H,3,8-13H2,1-2H3,(H,23,27);4-5,7-8,17H,3,6,9-14H2,1-2H3;3*1H4. The Labute approximate surface area is 578 Å². The van der Waals surface area contributed by atoms with Crippen LogP contribution in [0.3, 0.4) is 0 Å². The van der Waals surface area contributed by atoms with Crippen LogP contribution in [0.4, 0.5) is 17.1 Å². The molecule has 1 N–H and O–H groups in total. The summed E-state index contributed by atoms with van der Waals surface area (Å²) in [6, 6.07) is 27.5. The highest BCUT2D eigenvalue weighted by molar-refractivity contribution is 7.08. The quantitative estimate of drug-likeness (QED) is 0.0799. The molecule has 2 unspecified atom stereocenters. The topological polar surface area (TPSA) is 267 Å². The number of amides is 4. The lowest BCUT2D eigenvalue weighted by molar-refractivity contribution is -0.141. The van der Waals surface area contributed by atoms with Crippen LogP contribution in [0.5, 0.6) is 0 Å². The third kappa shape index (κ3) is 15.6. The van der Waals surface area contributed by atoms with Crippen molar-refractivity contribution in [1.82, 2.24) is 33.7 Å². The molecular weight excluding hydrogens is 1290 g/mol. The van der Waals surface area contributed by atoms with Gasteiger partial charge in [-0.2, -0.15) is 11.3 Å². The lowest BCUT2D eigenvalue weighted by atomic mass is 10.1. The normalized spacial score (nSPS) is 16.7. The number of para-hydroxylation sites is 3. The Morgan fingerprint density at radius 2 is 0.970 bits per heavy atom. The maximum atomic E-state index is 13.8. The smallest absolute Gasteiger partial charge is 0.345 e. The summed E-state index contributed by atoms with van der Waals surface area (Å²) in [6.45, 7) is 12.4. The van der Waals surface area contributed by atoms with E-state index < -0.39 is 29.5 Å². The molecule has 5 aromatic heterocycles. The first-order valence-electron chi connectivity index (χ1n) is 32.5. The summed E-state index contributed by atoms with van der Waals surface area (Å²) in [5, 5.41) is 9.09. The van der Waals surface area contributed by atoms with E-state index in [4.69, 9.17) is 23.4 Å². The summed E-state index contributed by atoms with van der Waals surface area (Å²) < 4.78 is 31.1. The Bertz CT molecular complexity index is 4400. The Hall–Kier alpha value is -10.1. The molecule has 5 saturated heterocycles. The zero-order valence-corrected chi connectivity index (χ0v) is 55.3. The number of hydrogen-bond acceptors (Lipinski definition) is 19. The SMILES string of the molecule is C.C.C.CCOC(=O)c1c(N2CCN(C(=O)C3CCC(=O)N3)CC2)c2ccccc2n(C)c1=O.CCOC(=O)c1c(N2CCN(C(=O)C3CCCO3)CC2)c2ccccc2n(C)c1=O.CCOC(=O)c1c(N2CCN(C(=O)c3ccco3)CC2)c2ccccc2n(Cc2ccsc2)c1=O. The Morgan fingerprint density at radius 3 is 1.38 bits per heavy atom. The van der Waals surface area contributed by atoms with Crippen LogP contribution in [0, 0.1) is 0 Å². The number of carbonyl (C=O) groups is 7. The monoisotopic (exact) mass is 1380 g/mol. The van der Waals surface area contributed by atoms with Crippen molar-refractivity contribution in [2.75, 3.05) is 120 Å². The van der Waals surface area contributed by atoms with Crippen LogP contribution in [-0.2, 0) is 54.0 Å². The van der Waals surface area contributed by atoms with Crippen LogP contribution in [0.25, 0.3) is 32.7 Å². The summed E-state index contributed by atoms with van der Waals surface area (Å²) in [7, 11) is 3.30. The van der Waals surface area contributed by atoms with Gasteiger partial charge in [-0.05, 0) is 92.8 Å². The maximum Gasteiger partial charge on any atom is 0.345 e. The van der Waals surface area contributed by atoms with Gasteiger partial charge in [-0.15, -0.1) is 0 Å². The van der Waals surface area contributed by atoms with Crippen LogP contribution in [-0.4, -0.2) is 187 Å². The third-order valence-electron chi connectivity index (χ3n) is 18.0. The number of furan rings is 1. The number of nitrogens with zero attached hydrogens (tertiary/aromatic N) is 9. The molecule has 99 heavy (non-hydrogen) atoms. The van der Waals surface area contributed by atoms with Gasteiger partial charge in [0, 0.05) is 122 Å². The molecule has 0 spiro atoms. The van der Waals surface area contributed by atoms with Crippen molar-refractivity contribution in [1.29, 1.82) is 0 Å². The van der Waals surface area contributed by atoms with E-state index in [0.29, 0.717) is 127 Å². The van der Waals surface area contributed by atoms with Crippen molar-refractivity contribution in [2.45, 2.75) is 87.4 Å². The van der Waals surface area contributed by atoms with Gasteiger partial charge in [0.1, 0.15) is 28.8 Å². The van der Waals surface area contributed by atoms with Gasteiger partial charge in [-0.3, -0.25) is 33.6 Å². The summed E-state index contributed by atoms with van der Waals surface area (Å²) in [6.07, 6.45) is 3.72. The van der Waals surface area contributed by atoms with Gasteiger partial charge in [0.15, 0.2) is 5.76 Å². The second kappa shape index (κ2) is 33.4. The minimum absolute atomic E-state index is 0. The maximum absolute atomic E-state index is 13.8. The number of nitrogens with one attached hydrogen (secondary N) is 1. The van der Waals surface area contributed by atoms with Gasteiger partial charge in [-0.25, -0.2) is 14.4 Å². The fraction of sp³-hybridized carbons (Fsp3) is 0.425. The number of benzene rings is 3. The molecule has 25 nitrogen and oxygen atoms in total. The number of piperazine rings is 3. The second-order valence-corrected chi connectivity index (χ2v) is 24.5. The Morgan fingerprint density at radius 1 is 0.525 bits per heavy atom. The van der Waals surface area contributed by atoms with Crippen molar-refractivity contribution in [3.63, 3.8) is 0 Å². The number of aromatic nitrogens is 3. The zero-order valence-electron chi connectivity index (χ0n) is 54.5. The van der Waals surface area contributed by atoms with Gasteiger partial charge in [0.2, 0.25) is 11.8 Å². The summed E-state index contributed by atoms with van der Waals surface area (Å²) in [4.78, 5) is 139. The number of hydrogen-bond donors (Lipinski definition) is 1. The molecule has 13 rings (SSSR count). The zero-order chi connectivity index (χ0) is 67.7. The molecule has 0 radical (unpaired) electrons. The van der Waals surface area contributed by atoms with E-state index in [0.717, 1.165) is 51.1 Å². The van der Waals surface area contributed by atoms with E-state index >= 15 is 0 Å². The molecule has 2 atom stereocenters. The fourth-order valence-corrected chi connectivity index (χ4v) is 13.9. The predicted octanol–water partition coefficient (Wildman–Crippen LogP) is 7.94. The van der Waals surface area contributed by atoms with Gasteiger partial charge >= 0.3 is 17.9 Å². The molecule has 5 fully saturated rings. The average molecular weight is 1380 g/mol. The number of thiophene rings is 1. The van der Waals surface area contributed by atoms with Crippen molar-refractivity contribution in [2.24, 2.45) is 14.1 Å². The molecule has 5 aliphatic heterocycles. The average Bonchev–Trinajstić information content (AvgIpc) is 1.08. The number of pyridine rings is 3. The number of fused-ring (bicyclic) bond motifs is 3. The first-order valence-corrected chi connectivity index (χ1v) is 33.4. The number of aryl methyl sites for hydroxylation is 2. The summed E-state index contributed by atoms with van der Waals surface area (Å²) in [5.74, 6) is -1.90. The van der Waals surface area contributed by atoms with Crippen molar-refractivity contribution < 1.29 is 56.9 Å².